The van der Waals surface area contributed by atoms with E-state index in [0.717, 1.165) is 6.67 Å². The van der Waals surface area contributed by atoms with Crippen molar-refractivity contribution in [2.75, 3.05) is 20.3 Å². The highest BCUT2D eigenvalue weighted by atomic mass is 32.3. The molecule has 0 fully saturated rings. The lowest BCUT2D eigenvalue weighted by Crippen LogP contribution is -2.45. The monoisotopic (exact) mass is 589 g/mol. The minimum absolute atomic E-state index is 0.493. The third-order valence-electron chi connectivity index (χ3n) is 5.56. The molecule has 1 aliphatic rings. The fourth-order valence-electron chi connectivity index (χ4n) is 3.48. The lowest BCUT2D eigenvalue weighted by atomic mass is 10.0. The lowest BCUT2D eigenvalue weighted by molar-refractivity contribution is -0.0476. The van der Waals surface area contributed by atoms with Gasteiger partial charge in [0.2, 0.25) is 0 Å². The highest BCUT2D eigenvalue weighted by Crippen LogP contribution is 2.27. The molecule has 0 aromatic carbocycles. The zero-order chi connectivity index (χ0) is 28.6. The Balaban J connectivity index is 0.000000757. The van der Waals surface area contributed by atoms with Crippen LogP contribution in [-0.2, 0) is 20.0 Å². The molecule has 0 aromatic rings. The van der Waals surface area contributed by atoms with E-state index < -0.39 is 35.2 Å². The van der Waals surface area contributed by atoms with E-state index in [2.05, 4.69) is 36.2 Å². The van der Waals surface area contributed by atoms with Crippen molar-refractivity contribution in [3.8, 4) is 0 Å². The van der Waals surface area contributed by atoms with Crippen LogP contribution in [0.4, 0.5) is 26.3 Å². The molecule has 0 saturated heterocycles. The molecule has 0 amide bonds. The van der Waals surface area contributed by atoms with Crippen LogP contribution in [0.3, 0.4) is 0 Å². The van der Waals surface area contributed by atoms with Crippen LogP contribution < -0.4 is 4.13 Å². The molecule has 1 N–H and O–H groups in total. The molecule has 1 aliphatic heterocycles. The van der Waals surface area contributed by atoms with Gasteiger partial charge in [-0.05, 0) is 6.42 Å². The second-order valence-corrected chi connectivity index (χ2v) is 12.7. The molecule has 15 heteroatoms. The van der Waals surface area contributed by atoms with Gasteiger partial charge in [0.25, 0.3) is 0 Å². The number of sulfonamides is 2. The van der Waals surface area contributed by atoms with Crippen LogP contribution in [0.25, 0.3) is 0 Å². The molecule has 0 saturated carbocycles. The number of nitrogens with zero attached hydrogens (tertiary/aromatic N) is 2. The molecule has 222 valence electrons. The van der Waals surface area contributed by atoms with Gasteiger partial charge in [-0.1, -0.05) is 94.5 Å². The van der Waals surface area contributed by atoms with Crippen LogP contribution in [0.1, 0.15) is 96.8 Å². The Bertz CT molecular complexity index is 805. The Morgan fingerprint density at radius 3 is 1.30 bits per heavy atom. The van der Waals surface area contributed by atoms with Crippen molar-refractivity contribution in [2.24, 2.45) is 0 Å². The van der Waals surface area contributed by atoms with Crippen molar-refractivity contribution in [1.29, 1.82) is 0 Å². The fraction of sp³-hybridized carbons (Fsp3) is 0.909. The van der Waals surface area contributed by atoms with Gasteiger partial charge in [0.05, 0.1) is 6.67 Å². The zero-order valence-corrected chi connectivity index (χ0v) is 23.2. The maximum absolute atomic E-state index is 11.5. The predicted octanol–water partition coefficient (Wildman–Crippen LogP) is 6.42. The van der Waals surface area contributed by atoms with Crippen LogP contribution in [0.5, 0.6) is 0 Å². The maximum Gasteiger partial charge on any atom is 0.512 e. The van der Waals surface area contributed by atoms with Crippen LogP contribution in [0.2, 0.25) is 0 Å². The van der Waals surface area contributed by atoms with Crippen molar-refractivity contribution in [3.05, 3.63) is 12.4 Å². The van der Waals surface area contributed by atoms with Gasteiger partial charge in [0, 0.05) is 26.0 Å². The van der Waals surface area contributed by atoms with E-state index in [1.807, 2.05) is 0 Å². The largest absolute Gasteiger partial charge is 0.512 e. The average molecular weight is 590 g/mol. The Labute approximate surface area is 217 Å². The molecule has 0 aromatic heterocycles. The van der Waals surface area contributed by atoms with Gasteiger partial charge in [-0.25, -0.2) is 16.8 Å². The minimum atomic E-state index is -6.60. The average Bonchev–Trinajstić information content (AvgIpc) is 3.17. The van der Waals surface area contributed by atoms with E-state index >= 15 is 0 Å². The molecule has 0 radical (unpaired) electrons. The quantitative estimate of drug-likeness (QED) is 0.156. The number of nitrogens with one attached hydrogen (secondary N) is 1. The Morgan fingerprint density at radius 1 is 0.649 bits per heavy atom. The standard InChI is InChI=1S/C20H40N2.C2HF6NO4S2/c1-3-4-5-6-7-8-9-10-11-12-13-14-15-16-17-22-19-18-21(2)20-22;3-1(4,5)14(10,11)9-15(12,13)2(6,7)8/h18-19H,3-17,20H2,1-2H3;9H. The van der Waals surface area contributed by atoms with Gasteiger partial charge >= 0.3 is 31.1 Å². The predicted molar refractivity (Wildman–Crippen MR) is 132 cm³/mol. The highest BCUT2D eigenvalue weighted by molar-refractivity contribution is 8.05. The van der Waals surface area contributed by atoms with Gasteiger partial charge in [-0.15, -0.1) is 0 Å². The van der Waals surface area contributed by atoms with E-state index in [1.165, 1.54) is 96.4 Å². The number of unbranched alkanes of at least 4 members (excludes halogenated alkanes) is 13. The molecule has 0 aliphatic carbocycles. The van der Waals surface area contributed by atoms with Gasteiger partial charge in [-0.2, -0.15) is 26.3 Å². The molecular weight excluding hydrogens is 548 g/mol. The van der Waals surface area contributed by atoms with Crippen LogP contribution in [0, 0.1) is 0 Å². The number of alkyl halides is 6. The molecule has 0 spiro atoms. The zero-order valence-electron chi connectivity index (χ0n) is 21.6. The first kappa shape index (κ1) is 35.8. The smallest absolute Gasteiger partial charge is 0.362 e. The second-order valence-electron chi connectivity index (χ2n) is 9.09. The van der Waals surface area contributed by atoms with Crippen LogP contribution in [0.15, 0.2) is 12.4 Å². The summed E-state index contributed by atoms with van der Waals surface area (Å²) in [5.74, 6) is 0. The van der Waals surface area contributed by atoms with E-state index in [4.69, 9.17) is 0 Å². The molecule has 1 rings (SSSR count). The SMILES string of the molecule is CCCCCCCCCCCCCCCCN1C=CN(C)C1.O=S(=O)(NS(=O)(=O)C(F)(F)F)C(F)(F)F. The third-order valence-corrected chi connectivity index (χ3v) is 8.54. The highest BCUT2D eigenvalue weighted by Gasteiger charge is 2.55. The Kier molecular flexibility index (Phi) is 16.8. The van der Waals surface area contributed by atoms with Gasteiger partial charge in [0.15, 0.2) is 0 Å². The summed E-state index contributed by atoms with van der Waals surface area (Å²) in [4.78, 5) is 4.66. The lowest BCUT2D eigenvalue weighted by Gasteiger charge is -2.17. The van der Waals surface area contributed by atoms with Crippen molar-refractivity contribution in [2.45, 2.75) is 108 Å². The molecule has 1 heterocycles. The van der Waals surface area contributed by atoms with Crippen LogP contribution in [-0.4, -0.2) is 57.9 Å². The number of rotatable bonds is 17. The summed E-state index contributed by atoms with van der Waals surface area (Å²) >= 11 is 0. The molecular formula is C22H41F6N3O4S2. The molecule has 0 atom stereocenters. The summed E-state index contributed by atoms with van der Waals surface area (Å²) in [5.41, 5.74) is -12.3. The number of halogens is 6. The van der Waals surface area contributed by atoms with Crippen molar-refractivity contribution in [1.82, 2.24) is 13.9 Å². The molecule has 0 unspecified atom stereocenters. The Hall–Kier alpha value is -1.22. The second kappa shape index (κ2) is 17.4. The number of hydrogen-bond acceptors (Lipinski definition) is 6. The maximum atomic E-state index is 11.5. The fourth-order valence-corrected chi connectivity index (χ4v) is 5.39. The van der Waals surface area contributed by atoms with E-state index in [-0.39, 0.29) is 0 Å². The van der Waals surface area contributed by atoms with Crippen molar-refractivity contribution < 1.29 is 43.2 Å². The summed E-state index contributed by atoms with van der Waals surface area (Å²) in [6, 6.07) is 0. The summed E-state index contributed by atoms with van der Waals surface area (Å²) in [7, 11) is -11.1. The van der Waals surface area contributed by atoms with E-state index in [1.54, 1.807) is 0 Å². The summed E-state index contributed by atoms with van der Waals surface area (Å²) in [5, 5.41) is 0. The van der Waals surface area contributed by atoms with Gasteiger partial charge in [-0.3, -0.25) is 0 Å². The van der Waals surface area contributed by atoms with Crippen molar-refractivity contribution >= 4 is 20.0 Å². The van der Waals surface area contributed by atoms with Crippen molar-refractivity contribution in [3.63, 3.8) is 0 Å². The normalized spacial score (nSPS) is 14.7. The summed E-state index contributed by atoms with van der Waals surface area (Å²) < 4.78 is 108. The van der Waals surface area contributed by atoms with Crippen LogP contribution >= 0.6 is 0 Å². The van der Waals surface area contributed by atoms with E-state index in [0.29, 0.717) is 0 Å². The summed E-state index contributed by atoms with van der Waals surface area (Å²) in [6.07, 6.45) is 24.6. The first-order valence-electron chi connectivity index (χ1n) is 12.6. The van der Waals surface area contributed by atoms with Gasteiger partial charge < -0.3 is 9.80 Å². The topological polar surface area (TPSA) is 86.8 Å². The minimum Gasteiger partial charge on any atom is -0.362 e. The van der Waals surface area contributed by atoms with Gasteiger partial charge in [0.1, 0.15) is 0 Å². The molecule has 0 bridgehead atoms. The first-order chi connectivity index (χ1) is 17.0. The number of hydrogen-bond donors (Lipinski definition) is 1. The summed E-state index contributed by atoms with van der Waals surface area (Å²) in [6.45, 7) is 4.61. The molecule has 37 heavy (non-hydrogen) atoms. The first-order valence-corrected chi connectivity index (χ1v) is 15.5. The Morgan fingerprint density at radius 2 is 1.00 bits per heavy atom. The van der Waals surface area contributed by atoms with E-state index in [9.17, 15) is 43.2 Å². The third kappa shape index (κ3) is 16.4. The molecule has 7 nitrogen and oxygen atoms in total.